The maximum atomic E-state index is 13.9. The summed E-state index contributed by atoms with van der Waals surface area (Å²) in [6.07, 6.45) is 7.45. The molecular formula is C25H23N3O2. The highest BCUT2D eigenvalue weighted by atomic mass is 16.5. The summed E-state index contributed by atoms with van der Waals surface area (Å²) in [6, 6.07) is 10.3. The second-order valence-corrected chi connectivity index (χ2v) is 9.32. The molecule has 0 unspecified atom stereocenters. The first-order chi connectivity index (χ1) is 14.7. The van der Waals surface area contributed by atoms with E-state index in [2.05, 4.69) is 45.7 Å². The van der Waals surface area contributed by atoms with Gasteiger partial charge in [0.05, 0.1) is 23.6 Å². The summed E-state index contributed by atoms with van der Waals surface area (Å²) in [6.45, 7) is 2.97. The van der Waals surface area contributed by atoms with Crippen LogP contribution < -0.4 is 0 Å². The van der Waals surface area contributed by atoms with Crippen LogP contribution >= 0.6 is 0 Å². The molecule has 5 nitrogen and oxygen atoms in total. The highest BCUT2D eigenvalue weighted by molar-refractivity contribution is 6.06. The van der Waals surface area contributed by atoms with E-state index < -0.39 is 0 Å². The van der Waals surface area contributed by atoms with Gasteiger partial charge in [0.2, 0.25) is 5.95 Å². The Bertz CT molecular complexity index is 1260. The normalized spacial score (nSPS) is 31.8. The molecule has 0 amide bonds. The minimum absolute atomic E-state index is 0.127. The maximum Gasteiger partial charge on any atom is 0.234 e. The Hall–Kier alpha value is -2.79. The van der Waals surface area contributed by atoms with Gasteiger partial charge in [-0.1, -0.05) is 18.2 Å². The summed E-state index contributed by atoms with van der Waals surface area (Å²) in [5.41, 5.74) is 5.54. The molecular weight excluding hydrogens is 374 g/mol. The number of benzene rings is 1. The lowest BCUT2D eigenvalue weighted by Gasteiger charge is -2.45. The number of nitrogens with zero attached hydrogens (tertiary/aromatic N) is 3. The molecule has 1 aliphatic heterocycles. The summed E-state index contributed by atoms with van der Waals surface area (Å²) in [7, 11) is 0. The lowest BCUT2D eigenvalue weighted by atomic mass is 9.58. The molecule has 3 aromatic rings. The third kappa shape index (κ3) is 1.90. The number of rotatable bonds is 1. The third-order valence-electron chi connectivity index (χ3n) is 8.03. The number of fused-ring (bicyclic) bond motifs is 5. The molecule has 1 aromatic carbocycles. The standard InChI is InChI=1S/C25H23N3O2/c1-25-17-8-4-7-15(17)23(29)21-20-16-6-2-3-9-18(16)28(24-26-10-5-11-27-24)19(20)12-14(13-30-25)22(21)25/h2-3,5-6,9-11,14,21-22H,4,7-8,12-13H2,1H3/t14-,21-,22+,25-/m0/s1. The first-order valence-electron chi connectivity index (χ1n) is 11.0. The van der Waals surface area contributed by atoms with Crippen molar-refractivity contribution in [1.29, 1.82) is 0 Å². The predicted molar refractivity (Wildman–Crippen MR) is 113 cm³/mol. The lowest BCUT2D eigenvalue weighted by Crippen LogP contribution is -2.48. The molecule has 0 radical (unpaired) electrons. The van der Waals surface area contributed by atoms with Gasteiger partial charge in [-0.05, 0) is 67.4 Å². The van der Waals surface area contributed by atoms with E-state index >= 15 is 0 Å². The molecule has 4 aliphatic rings. The minimum Gasteiger partial charge on any atom is -0.370 e. The Kier molecular flexibility index (Phi) is 3.20. The van der Waals surface area contributed by atoms with Crippen molar-refractivity contribution in [3.8, 4) is 5.95 Å². The number of hydrogen-bond donors (Lipinski definition) is 0. The van der Waals surface area contributed by atoms with Gasteiger partial charge in [-0.2, -0.15) is 0 Å². The predicted octanol–water partition coefficient (Wildman–Crippen LogP) is 4.14. The van der Waals surface area contributed by atoms with Crippen LogP contribution in [0.25, 0.3) is 16.9 Å². The Morgan fingerprint density at radius 1 is 1.13 bits per heavy atom. The van der Waals surface area contributed by atoms with E-state index in [0.29, 0.717) is 17.6 Å². The first-order valence-corrected chi connectivity index (χ1v) is 11.0. The SMILES string of the molecule is C[C@]12OC[C@@H]3Cc4c(c5ccccc5n4-c4ncccn4)[C@H](C(=O)C4=C1CCC4)[C@@H]32. The summed E-state index contributed by atoms with van der Waals surface area (Å²) in [4.78, 5) is 23.0. The zero-order valence-corrected chi connectivity index (χ0v) is 17.0. The molecule has 7 rings (SSSR count). The fourth-order valence-corrected chi connectivity index (χ4v) is 6.97. The van der Waals surface area contributed by atoms with Gasteiger partial charge in [-0.15, -0.1) is 0 Å². The zero-order chi connectivity index (χ0) is 20.0. The van der Waals surface area contributed by atoms with Gasteiger partial charge in [0.25, 0.3) is 0 Å². The van der Waals surface area contributed by atoms with E-state index in [0.717, 1.165) is 48.8 Å². The second-order valence-electron chi connectivity index (χ2n) is 9.32. The molecule has 3 heterocycles. The Morgan fingerprint density at radius 3 is 2.83 bits per heavy atom. The van der Waals surface area contributed by atoms with Crippen LogP contribution in [0.5, 0.6) is 0 Å². The van der Waals surface area contributed by atoms with Crippen molar-refractivity contribution < 1.29 is 9.53 Å². The number of allylic oxidation sites excluding steroid dienone is 1. The van der Waals surface area contributed by atoms with Crippen LogP contribution in [0, 0.1) is 11.8 Å². The molecule has 2 aromatic heterocycles. The topological polar surface area (TPSA) is 57.0 Å². The van der Waals surface area contributed by atoms with Crippen molar-refractivity contribution in [1.82, 2.24) is 14.5 Å². The van der Waals surface area contributed by atoms with Gasteiger partial charge >= 0.3 is 0 Å². The van der Waals surface area contributed by atoms with Gasteiger partial charge in [0, 0.05) is 29.4 Å². The fraction of sp³-hybridized carbons (Fsp3) is 0.400. The molecule has 5 heteroatoms. The smallest absolute Gasteiger partial charge is 0.234 e. The minimum atomic E-state index is -0.292. The number of ketones is 1. The van der Waals surface area contributed by atoms with Crippen molar-refractivity contribution in [2.75, 3.05) is 6.61 Å². The van der Waals surface area contributed by atoms with Crippen molar-refractivity contribution in [2.24, 2.45) is 11.8 Å². The summed E-state index contributed by atoms with van der Waals surface area (Å²) < 4.78 is 8.71. The zero-order valence-electron chi connectivity index (χ0n) is 17.0. The van der Waals surface area contributed by atoms with E-state index in [4.69, 9.17) is 4.74 Å². The Labute approximate surface area is 174 Å². The highest BCUT2D eigenvalue weighted by Crippen LogP contribution is 2.61. The molecule has 0 spiro atoms. The van der Waals surface area contributed by atoms with Crippen molar-refractivity contribution in [2.45, 2.75) is 44.1 Å². The highest BCUT2D eigenvalue weighted by Gasteiger charge is 2.61. The Morgan fingerprint density at radius 2 is 1.97 bits per heavy atom. The van der Waals surface area contributed by atoms with Gasteiger partial charge in [-0.3, -0.25) is 9.36 Å². The van der Waals surface area contributed by atoms with Crippen LogP contribution in [-0.2, 0) is 16.0 Å². The van der Waals surface area contributed by atoms with Crippen LogP contribution in [0.3, 0.4) is 0 Å². The molecule has 4 atom stereocenters. The monoisotopic (exact) mass is 397 g/mol. The van der Waals surface area contributed by atoms with Crippen molar-refractivity contribution >= 4 is 16.7 Å². The molecule has 0 N–H and O–H groups in total. The number of aromatic nitrogens is 3. The quantitative estimate of drug-likeness (QED) is 0.619. The average molecular weight is 397 g/mol. The van der Waals surface area contributed by atoms with Crippen molar-refractivity contribution in [3.63, 3.8) is 0 Å². The number of hydrogen-bond acceptors (Lipinski definition) is 4. The number of para-hydroxylation sites is 1. The Balaban J connectivity index is 1.56. The van der Waals surface area contributed by atoms with Crippen LogP contribution in [0.2, 0.25) is 0 Å². The maximum absolute atomic E-state index is 13.9. The van der Waals surface area contributed by atoms with Crippen molar-refractivity contribution in [3.05, 3.63) is 65.1 Å². The van der Waals surface area contributed by atoms with E-state index in [1.54, 1.807) is 12.4 Å². The van der Waals surface area contributed by atoms with Crippen LogP contribution in [-0.4, -0.2) is 32.5 Å². The third-order valence-corrected chi connectivity index (χ3v) is 8.03. The molecule has 1 fully saturated rings. The molecule has 1 saturated heterocycles. The number of carbonyl (C=O) groups excluding carboxylic acids is 1. The van der Waals surface area contributed by atoms with Gasteiger partial charge in [-0.25, -0.2) is 9.97 Å². The van der Waals surface area contributed by atoms with E-state index in [1.165, 1.54) is 16.8 Å². The number of Topliss-reactive ketones (excluding diaryl/α,β-unsaturated/α-hetero) is 1. The molecule has 0 bridgehead atoms. The molecule has 30 heavy (non-hydrogen) atoms. The van der Waals surface area contributed by atoms with E-state index in [9.17, 15) is 4.79 Å². The summed E-state index contributed by atoms with van der Waals surface area (Å²) in [5, 5.41) is 1.16. The first kappa shape index (κ1) is 16.9. The summed E-state index contributed by atoms with van der Waals surface area (Å²) >= 11 is 0. The largest absolute Gasteiger partial charge is 0.370 e. The van der Waals surface area contributed by atoms with Crippen LogP contribution in [0.1, 0.15) is 43.4 Å². The van der Waals surface area contributed by atoms with Crippen LogP contribution in [0.15, 0.2) is 53.9 Å². The number of ether oxygens (including phenoxy) is 1. The van der Waals surface area contributed by atoms with Gasteiger partial charge in [0.15, 0.2) is 5.78 Å². The van der Waals surface area contributed by atoms with Crippen LogP contribution in [0.4, 0.5) is 0 Å². The van der Waals surface area contributed by atoms with E-state index in [-0.39, 0.29) is 17.4 Å². The lowest BCUT2D eigenvalue weighted by molar-refractivity contribution is -0.121. The fourth-order valence-electron chi connectivity index (χ4n) is 6.97. The van der Waals surface area contributed by atoms with Gasteiger partial charge < -0.3 is 4.74 Å². The second kappa shape index (κ2) is 5.67. The molecule has 0 saturated carbocycles. The number of carbonyl (C=O) groups is 1. The summed E-state index contributed by atoms with van der Waals surface area (Å²) in [5.74, 6) is 1.47. The molecule has 3 aliphatic carbocycles. The average Bonchev–Trinajstić information content (AvgIpc) is 3.48. The van der Waals surface area contributed by atoms with E-state index in [1.807, 2.05) is 6.07 Å². The van der Waals surface area contributed by atoms with Gasteiger partial charge in [0.1, 0.15) is 0 Å². The molecule has 150 valence electrons.